The zero-order valence-corrected chi connectivity index (χ0v) is 9.43. The maximum absolute atomic E-state index is 4.46. The van der Waals surface area contributed by atoms with Gasteiger partial charge >= 0.3 is 0 Å². The smallest absolute Gasteiger partial charge is 0.149 e. The molecule has 0 atom stereocenters. The molecule has 0 bridgehead atoms. The number of hydrogen-bond acceptors (Lipinski definition) is 2. The van der Waals surface area contributed by atoms with E-state index in [2.05, 4.69) is 41.3 Å². The summed E-state index contributed by atoms with van der Waals surface area (Å²) in [6, 6.07) is 12.5. The average Bonchev–Trinajstić information content (AvgIpc) is 2.79. The summed E-state index contributed by atoms with van der Waals surface area (Å²) in [6.45, 7) is 4.41. The lowest BCUT2D eigenvalue weighted by Gasteiger charge is -1.98. The van der Waals surface area contributed by atoms with E-state index in [0.29, 0.717) is 0 Å². The summed E-state index contributed by atoms with van der Waals surface area (Å²) in [6.07, 6.45) is 3.80. The largest absolute Gasteiger partial charge is 0.365 e. The zero-order chi connectivity index (χ0) is 11.7. The molecule has 3 aromatic rings. The molecule has 0 spiro atoms. The van der Waals surface area contributed by atoms with Gasteiger partial charge < -0.3 is 5.32 Å². The number of aromatic nitrogens is 2. The number of pyridine rings is 1. The minimum atomic E-state index is 0.724. The van der Waals surface area contributed by atoms with Crippen LogP contribution < -0.4 is 5.32 Å². The highest BCUT2D eigenvalue weighted by atomic mass is 15.3. The van der Waals surface area contributed by atoms with Crippen molar-refractivity contribution >= 4 is 22.1 Å². The Balaban J connectivity index is 2.20. The third-order valence-electron chi connectivity index (χ3n) is 2.80. The van der Waals surface area contributed by atoms with E-state index < -0.39 is 0 Å². The molecule has 1 aromatic carbocycles. The van der Waals surface area contributed by atoms with Crippen molar-refractivity contribution in [3.05, 3.63) is 55.3 Å². The molecule has 2 heterocycles. The normalized spacial score (nSPS) is 10.8. The topological polar surface area (TPSA) is 29.3 Å². The SMILES string of the molecule is C=CCNc1cc2c3ccccc3ccn2n1. The van der Waals surface area contributed by atoms with E-state index in [0.717, 1.165) is 17.9 Å². The molecule has 2 aromatic heterocycles. The second-order valence-electron chi connectivity index (χ2n) is 3.93. The lowest BCUT2D eigenvalue weighted by Crippen LogP contribution is -1.98. The molecule has 1 N–H and O–H groups in total. The quantitative estimate of drug-likeness (QED) is 0.691. The Morgan fingerprint density at radius 2 is 2.18 bits per heavy atom. The van der Waals surface area contributed by atoms with Crippen LogP contribution in [0.15, 0.2) is 55.3 Å². The predicted octanol–water partition coefficient (Wildman–Crippen LogP) is 3.09. The van der Waals surface area contributed by atoms with Gasteiger partial charge in [0.15, 0.2) is 0 Å². The summed E-state index contributed by atoms with van der Waals surface area (Å²) in [7, 11) is 0. The van der Waals surface area contributed by atoms with Crippen LogP contribution in [0.3, 0.4) is 0 Å². The van der Waals surface area contributed by atoms with Crippen molar-refractivity contribution in [2.24, 2.45) is 0 Å². The highest BCUT2D eigenvalue weighted by Crippen LogP contribution is 2.21. The first-order chi connectivity index (χ1) is 8.38. The van der Waals surface area contributed by atoms with Gasteiger partial charge in [0.25, 0.3) is 0 Å². The van der Waals surface area contributed by atoms with Crippen molar-refractivity contribution in [3.63, 3.8) is 0 Å². The first-order valence-electron chi connectivity index (χ1n) is 5.60. The van der Waals surface area contributed by atoms with Crippen molar-refractivity contribution in [3.8, 4) is 0 Å². The van der Waals surface area contributed by atoms with Crippen molar-refractivity contribution < 1.29 is 0 Å². The van der Waals surface area contributed by atoms with E-state index in [1.807, 2.05) is 28.9 Å². The van der Waals surface area contributed by atoms with Crippen molar-refractivity contribution in [1.29, 1.82) is 0 Å². The highest BCUT2D eigenvalue weighted by Gasteiger charge is 2.03. The fourth-order valence-corrected chi connectivity index (χ4v) is 2.00. The maximum Gasteiger partial charge on any atom is 0.149 e. The summed E-state index contributed by atoms with van der Waals surface area (Å²) in [5, 5.41) is 10.1. The van der Waals surface area contributed by atoms with Crippen molar-refractivity contribution in [2.45, 2.75) is 0 Å². The molecule has 3 nitrogen and oxygen atoms in total. The molecule has 17 heavy (non-hydrogen) atoms. The van der Waals surface area contributed by atoms with Crippen LogP contribution in [-0.4, -0.2) is 16.2 Å². The second kappa shape index (κ2) is 3.94. The first kappa shape index (κ1) is 9.90. The van der Waals surface area contributed by atoms with Gasteiger partial charge in [-0.3, -0.25) is 0 Å². The van der Waals surface area contributed by atoms with Gasteiger partial charge in [-0.25, -0.2) is 4.52 Å². The lowest BCUT2D eigenvalue weighted by molar-refractivity contribution is 0.965. The van der Waals surface area contributed by atoms with E-state index >= 15 is 0 Å². The second-order valence-corrected chi connectivity index (χ2v) is 3.93. The van der Waals surface area contributed by atoms with Crippen molar-refractivity contribution in [1.82, 2.24) is 9.61 Å². The number of nitrogens with one attached hydrogen (secondary N) is 1. The summed E-state index contributed by atoms with van der Waals surface area (Å²) in [4.78, 5) is 0. The predicted molar refractivity (Wildman–Crippen MR) is 71.4 cm³/mol. The van der Waals surface area contributed by atoms with Crippen molar-refractivity contribution in [2.75, 3.05) is 11.9 Å². The van der Waals surface area contributed by atoms with Gasteiger partial charge in [-0.1, -0.05) is 30.3 Å². The number of rotatable bonds is 3. The molecule has 0 aliphatic carbocycles. The first-order valence-corrected chi connectivity index (χ1v) is 5.60. The number of fused-ring (bicyclic) bond motifs is 3. The van der Waals surface area contributed by atoms with Crippen LogP contribution in [0, 0.1) is 0 Å². The van der Waals surface area contributed by atoms with Gasteiger partial charge in [-0.15, -0.1) is 6.58 Å². The molecule has 0 saturated carbocycles. The Morgan fingerprint density at radius 3 is 3.06 bits per heavy atom. The minimum absolute atomic E-state index is 0.724. The summed E-state index contributed by atoms with van der Waals surface area (Å²) >= 11 is 0. The van der Waals surface area contributed by atoms with Gasteiger partial charge in [0.05, 0.1) is 5.52 Å². The monoisotopic (exact) mass is 223 g/mol. The third-order valence-corrected chi connectivity index (χ3v) is 2.80. The summed E-state index contributed by atoms with van der Waals surface area (Å²) in [5.41, 5.74) is 1.12. The van der Waals surface area contributed by atoms with Crippen LogP contribution in [0.1, 0.15) is 0 Å². The van der Waals surface area contributed by atoms with Crippen LogP contribution in [0.5, 0.6) is 0 Å². The number of anilines is 1. The van der Waals surface area contributed by atoms with Gasteiger partial charge in [-0.2, -0.15) is 5.10 Å². The molecule has 0 fully saturated rings. The Kier molecular flexibility index (Phi) is 2.29. The van der Waals surface area contributed by atoms with E-state index in [4.69, 9.17) is 0 Å². The van der Waals surface area contributed by atoms with Crippen LogP contribution in [0.25, 0.3) is 16.3 Å². The Labute approximate surface area is 99.4 Å². The van der Waals surface area contributed by atoms with E-state index in [1.54, 1.807) is 0 Å². The Hall–Kier alpha value is -2.29. The van der Waals surface area contributed by atoms with E-state index in [1.165, 1.54) is 10.8 Å². The van der Waals surface area contributed by atoms with Gasteiger partial charge in [0.1, 0.15) is 5.82 Å². The van der Waals surface area contributed by atoms with Crippen LogP contribution in [0.2, 0.25) is 0 Å². The van der Waals surface area contributed by atoms with Gasteiger partial charge in [-0.05, 0) is 11.5 Å². The van der Waals surface area contributed by atoms with Crippen LogP contribution >= 0.6 is 0 Å². The molecular formula is C14H13N3. The molecule has 0 aliphatic rings. The average molecular weight is 223 g/mol. The summed E-state index contributed by atoms with van der Waals surface area (Å²) in [5.74, 6) is 0.876. The minimum Gasteiger partial charge on any atom is -0.365 e. The standard InChI is InChI=1S/C14H13N3/c1-2-8-15-14-10-13-12-6-4-3-5-11(12)7-9-17(13)16-14/h2-7,9-10H,1,8H2,(H,15,16). The molecule has 0 aliphatic heterocycles. The Morgan fingerprint density at radius 1 is 1.29 bits per heavy atom. The lowest BCUT2D eigenvalue weighted by atomic mass is 10.1. The van der Waals surface area contributed by atoms with Gasteiger partial charge in [0.2, 0.25) is 0 Å². The summed E-state index contributed by atoms with van der Waals surface area (Å²) < 4.78 is 1.90. The molecule has 0 unspecified atom stereocenters. The number of hydrogen-bond donors (Lipinski definition) is 1. The fourth-order valence-electron chi connectivity index (χ4n) is 2.00. The molecule has 0 saturated heterocycles. The van der Waals surface area contributed by atoms with Crippen LogP contribution in [0.4, 0.5) is 5.82 Å². The van der Waals surface area contributed by atoms with E-state index in [-0.39, 0.29) is 0 Å². The molecule has 84 valence electrons. The maximum atomic E-state index is 4.46. The Bertz CT molecular complexity index is 682. The highest BCUT2D eigenvalue weighted by molar-refractivity contribution is 5.96. The molecular weight excluding hydrogens is 210 g/mol. The van der Waals surface area contributed by atoms with E-state index in [9.17, 15) is 0 Å². The van der Waals surface area contributed by atoms with Gasteiger partial charge in [0, 0.05) is 24.2 Å². The number of benzene rings is 1. The molecule has 0 amide bonds. The molecule has 3 rings (SSSR count). The fraction of sp³-hybridized carbons (Fsp3) is 0.0714. The molecule has 0 radical (unpaired) electrons. The third kappa shape index (κ3) is 1.65. The molecule has 3 heteroatoms. The zero-order valence-electron chi connectivity index (χ0n) is 9.43. The van der Waals surface area contributed by atoms with Crippen LogP contribution in [-0.2, 0) is 0 Å². The number of nitrogens with zero attached hydrogens (tertiary/aromatic N) is 2.